The summed E-state index contributed by atoms with van der Waals surface area (Å²) >= 11 is 0. The third-order valence-corrected chi connectivity index (χ3v) is 7.39. The first-order valence-electron chi connectivity index (χ1n) is 15.2. The number of carbonyl (C=O) groups excluding carboxylic acids is 3. The first-order chi connectivity index (χ1) is 18.7. The van der Waals surface area contributed by atoms with Crippen LogP contribution in [0.2, 0.25) is 0 Å². The third-order valence-electron chi connectivity index (χ3n) is 6.40. The van der Waals surface area contributed by atoms with Crippen molar-refractivity contribution in [3.63, 3.8) is 0 Å². The molecule has 10 heteroatoms. The quantitative estimate of drug-likeness (QED) is 0.0568. The molecule has 39 heavy (non-hydrogen) atoms. The van der Waals surface area contributed by atoms with E-state index in [4.69, 9.17) is 13.8 Å². The standard InChI is InChI=1S/C29H56NO8P/c1-4-5-6-7-8-9-10-11-12-13-14-15-16-17-18-22-29(33)38-27(3)25-37-39(34,35)36-24-23-30-28(32)21-19-20-26(2)31/h27H,4-25H2,1-3H3,(H,30,32)(H,34,35). The smallest absolute Gasteiger partial charge is 0.460 e. The average Bonchev–Trinajstić information content (AvgIpc) is 2.87. The van der Waals surface area contributed by atoms with E-state index < -0.39 is 13.9 Å². The number of carbonyl (C=O) groups is 3. The van der Waals surface area contributed by atoms with Crippen LogP contribution < -0.4 is 5.32 Å². The molecule has 2 atom stereocenters. The summed E-state index contributed by atoms with van der Waals surface area (Å²) in [6, 6.07) is 0. The molecule has 2 N–H and O–H groups in total. The number of hydrogen-bond acceptors (Lipinski definition) is 7. The van der Waals surface area contributed by atoms with Crippen LogP contribution in [0, 0.1) is 0 Å². The molecule has 1 amide bonds. The molecule has 0 aromatic carbocycles. The highest BCUT2D eigenvalue weighted by atomic mass is 31.2. The Labute approximate surface area is 237 Å². The van der Waals surface area contributed by atoms with Crippen molar-refractivity contribution in [1.29, 1.82) is 0 Å². The van der Waals surface area contributed by atoms with E-state index in [0.717, 1.165) is 19.3 Å². The van der Waals surface area contributed by atoms with Gasteiger partial charge in [0.05, 0.1) is 13.2 Å². The number of ketones is 1. The number of amides is 1. The second kappa shape index (κ2) is 25.7. The van der Waals surface area contributed by atoms with Gasteiger partial charge in [-0.1, -0.05) is 96.8 Å². The molecule has 9 nitrogen and oxygen atoms in total. The van der Waals surface area contributed by atoms with Gasteiger partial charge in [-0.2, -0.15) is 0 Å². The molecule has 0 rings (SSSR count). The predicted molar refractivity (Wildman–Crippen MR) is 154 cm³/mol. The Balaban J connectivity index is 3.63. The predicted octanol–water partition coefficient (Wildman–Crippen LogP) is 7.19. The largest absolute Gasteiger partial charge is 0.472 e. The Morgan fingerprint density at radius 1 is 0.744 bits per heavy atom. The van der Waals surface area contributed by atoms with Gasteiger partial charge >= 0.3 is 13.8 Å². The molecule has 0 fully saturated rings. The number of esters is 1. The van der Waals surface area contributed by atoms with Gasteiger partial charge in [-0.05, 0) is 26.7 Å². The summed E-state index contributed by atoms with van der Waals surface area (Å²) in [4.78, 5) is 44.2. The molecule has 0 spiro atoms. The normalized spacial score (nSPS) is 13.5. The highest BCUT2D eigenvalue weighted by Crippen LogP contribution is 2.43. The van der Waals surface area contributed by atoms with E-state index in [1.54, 1.807) is 6.92 Å². The van der Waals surface area contributed by atoms with Gasteiger partial charge in [0, 0.05) is 25.8 Å². The van der Waals surface area contributed by atoms with Crippen molar-refractivity contribution in [1.82, 2.24) is 5.32 Å². The van der Waals surface area contributed by atoms with E-state index in [1.807, 2.05) is 0 Å². The highest BCUT2D eigenvalue weighted by Gasteiger charge is 2.23. The molecule has 0 aromatic heterocycles. The lowest BCUT2D eigenvalue weighted by Gasteiger charge is -2.16. The third kappa shape index (κ3) is 28.1. The van der Waals surface area contributed by atoms with E-state index >= 15 is 0 Å². The van der Waals surface area contributed by atoms with Crippen molar-refractivity contribution < 1.29 is 37.6 Å². The lowest BCUT2D eigenvalue weighted by molar-refractivity contribution is -0.150. The first-order valence-corrected chi connectivity index (χ1v) is 16.7. The van der Waals surface area contributed by atoms with Gasteiger partial charge in [0.15, 0.2) is 0 Å². The minimum atomic E-state index is -4.32. The molecule has 0 aliphatic heterocycles. The van der Waals surface area contributed by atoms with Crippen LogP contribution in [0.3, 0.4) is 0 Å². The Kier molecular flexibility index (Phi) is 24.8. The lowest BCUT2D eigenvalue weighted by atomic mass is 10.0. The molecular weight excluding hydrogens is 521 g/mol. The molecule has 0 saturated heterocycles. The Morgan fingerprint density at radius 3 is 1.77 bits per heavy atom. The van der Waals surface area contributed by atoms with Crippen LogP contribution in [-0.4, -0.2) is 48.4 Å². The molecule has 0 aliphatic rings. The van der Waals surface area contributed by atoms with Gasteiger partial charge in [0.25, 0.3) is 0 Å². The average molecular weight is 578 g/mol. The molecule has 2 unspecified atom stereocenters. The molecule has 0 aliphatic carbocycles. The lowest BCUT2D eigenvalue weighted by Crippen LogP contribution is -2.27. The molecule has 0 heterocycles. The zero-order valence-corrected chi connectivity index (χ0v) is 25.8. The van der Waals surface area contributed by atoms with E-state index in [1.165, 1.54) is 84.0 Å². The van der Waals surface area contributed by atoms with Crippen LogP contribution in [0.5, 0.6) is 0 Å². The van der Waals surface area contributed by atoms with Gasteiger partial charge in [-0.15, -0.1) is 0 Å². The maximum Gasteiger partial charge on any atom is 0.472 e. The monoisotopic (exact) mass is 577 g/mol. The Hall–Kier alpha value is -1.28. The molecule has 0 saturated carbocycles. The number of ether oxygens (including phenoxy) is 1. The topological polar surface area (TPSA) is 128 Å². The maximum absolute atomic E-state index is 12.0. The number of hydrogen-bond donors (Lipinski definition) is 2. The second-order valence-corrected chi connectivity index (χ2v) is 12.0. The number of nitrogens with one attached hydrogen (secondary N) is 1. The SMILES string of the molecule is CCCCCCCCCCCCCCCCCC(=O)OC(C)COP(=O)(O)OCCNC(=O)CCCC(C)=O. The van der Waals surface area contributed by atoms with Crippen molar-refractivity contribution in [2.75, 3.05) is 19.8 Å². The summed E-state index contributed by atoms with van der Waals surface area (Å²) in [7, 11) is -4.32. The van der Waals surface area contributed by atoms with Crippen LogP contribution in [0.4, 0.5) is 0 Å². The summed E-state index contributed by atoms with van der Waals surface area (Å²) in [6.45, 7) is 4.87. The zero-order valence-electron chi connectivity index (χ0n) is 24.9. The first kappa shape index (κ1) is 37.7. The molecule has 0 bridgehead atoms. The second-order valence-electron chi connectivity index (χ2n) is 10.5. The molecule has 230 valence electrons. The van der Waals surface area contributed by atoms with Crippen molar-refractivity contribution in [3.05, 3.63) is 0 Å². The van der Waals surface area contributed by atoms with Crippen molar-refractivity contribution in [2.45, 2.75) is 149 Å². The number of unbranched alkanes of at least 4 members (excludes halogenated alkanes) is 14. The molecule has 0 aromatic rings. The number of phosphoric acid groups is 1. The van der Waals surface area contributed by atoms with Gasteiger partial charge in [0.1, 0.15) is 11.9 Å². The zero-order chi connectivity index (χ0) is 29.2. The van der Waals surface area contributed by atoms with Crippen LogP contribution in [0.1, 0.15) is 143 Å². The fourth-order valence-corrected chi connectivity index (χ4v) is 4.93. The van der Waals surface area contributed by atoms with E-state index in [2.05, 4.69) is 12.2 Å². The fourth-order valence-electron chi connectivity index (χ4n) is 4.13. The number of Topliss-reactive ketones (excluding diaryl/α,β-unsaturated/α-hetero) is 1. The van der Waals surface area contributed by atoms with E-state index in [-0.39, 0.29) is 43.8 Å². The van der Waals surface area contributed by atoms with Crippen LogP contribution in [0.25, 0.3) is 0 Å². The Bertz CT molecular complexity index is 688. The summed E-state index contributed by atoms with van der Waals surface area (Å²) in [6.07, 6.45) is 19.5. The molecule has 0 radical (unpaired) electrons. The van der Waals surface area contributed by atoms with Gasteiger partial charge < -0.3 is 19.7 Å². The maximum atomic E-state index is 12.0. The van der Waals surface area contributed by atoms with Gasteiger partial charge in [-0.3, -0.25) is 18.6 Å². The number of rotatable bonds is 28. The van der Waals surface area contributed by atoms with Crippen LogP contribution in [0.15, 0.2) is 0 Å². The van der Waals surface area contributed by atoms with E-state index in [9.17, 15) is 23.8 Å². The van der Waals surface area contributed by atoms with E-state index in [0.29, 0.717) is 19.3 Å². The fraction of sp³-hybridized carbons (Fsp3) is 0.897. The summed E-state index contributed by atoms with van der Waals surface area (Å²) in [5.41, 5.74) is 0. The van der Waals surface area contributed by atoms with Crippen LogP contribution >= 0.6 is 7.82 Å². The van der Waals surface area contributed by atoms with Crippen LogP contribution in [-0.2, 0) is 32.7 Å². The highest BCUT2D eigenvalue weighted by molar-refractivity contribution is 7.47. The van der Waals surface area contributed by atoms with Gasteiger partial charge in [0.2, 0.25) is 5.91 Å². The summed E-state index contributed by atoms with van der Waals surface area (Å²) in [5, 5.41) is 2.54. The van der Waals surface area contributed by atoms with Gasteiger partial charge in [-0.25, -0.2) is 4.57 Å². The van der Waals surface area contributed by atoms with Crippen molar-refractivity contribution >= 4 is 25.5 Å². The molecular formula is C29H56NO8P. The van der Waals surface area contributed by atoms with Crippen molar-refractivity contribution in [3.8, 4) is 0 Å². The Morgan fingerprint density at radius 2 is 1.26 bits per heavy atom. The van der Waals surface area contributed by atoms with Crippen molar-refractivity contribution in [2.24, 2.45) is 0 Å². The summed E-state index contributed by atoms with van der Waals surface area (Å²) < 4.78 is 26.9. The number of phosphoric ester groups is 1. The minimum absolute atomic E-state index is 0.0226. The minimum Gasteiger partial charge on any atom is -0.460 e. The summed E-state index contributed by atoms with van der Waals surface area (Å²) in [5.74, 6) is -0.584.